The molecule has 0 saturated carbocycles. The zero-order chi connectivity index (χ0) is 20.2. The zero-order valence-electron chi connectivity index (χ0n) is 15.4. The Kier molecular flexibility index (Phi) is 6.56. The number of nitrogens with one attached hydrogen (secondary N) is 1. The SMILES string of the molecule is CC(C)C[C@H](NC(N)=O)C(=O)N1CCN(c2cccc(C(F)(F)F)c2)CC1. The van der Waals surface area contributed by atoms with E-state index in [1.165, 1.54) is 6.07 Å². The molecule has 6 nitrogen and oxygen atoms in total. The van der Waals surface area contributed by atoms with Crippen molar-refractivity contribution >= 4 is 17.6 Å². The molecule has 1 aliphatic rings. The molecule has 1 fully saturated rings. The Morgan fingerprint density at radius 3 is 2.33 bits per heavy atom. The maximum atomic E-state index is 12.9. The fourth-order valence-electron chi connectivity index (χ4n) is 3.15. The number of carbonyl (C=O) groups excluding carboxylic acids is 2. The number of nitrogens with zero attached hydrogens (tertiary/aromatic N) is 2. The van der Waals surface area contributed by atoms with Crippen molar-refractivity contribution in [2.75, 3.05) is 31.1 Å². The van der Waals surface area contributed by atoms with Gasteiger partial charge in [0.25, 0.3) is 0 Å². The largest absolute Gasteiger partial charge is 0.416 e. The van der Waals surface area contributed by atoms with E-state index in [4.69, 9.17) is 5.73 Å². The highest BCUT2D eigenvalue weighted by atomic mass is 19.4. The lowest BCUT2D eigenvalue weighted by Crippen LogP contribution is -2.56. The number of amides is 3. The number of urea groups is 1. The Bertz CT molecular complexity index is 671. The molecular formula is C18H25F3N4O2. The molecule has 2 rings (SSSR count). The number of carbonyl (C=O) groups is 2. The number of hydrogen-bond acceptors (Lipinski definition) is 3. The number of alkyl halides is 3. The van der Waals surface area contributed by atoms with Crippen LogP contribution in [0.1, 0.15) is 25.8 Å². The second-order valence-corrected chi connectivity index (χ2v) is 7.05. The molecule has 0 spiro atoms. The molecule has 1 aromatic carbocycles. The van der Waals surface area contributed by atoms with E-state index in [-0.39, 0.29) is 11.8 Å². The van der Waals surface area contributed by atoms with Crippen molar-refractivity contribution < 1.29 is 22.8 Å². The van der Waals surface area contributed by atoms with Crippen LogP contribution in [0.4, 0.5) is 23.7 Å². The number of nitrogens with two attached hydrogens (primary N) is 1. The molecule has 150 valence electrons. The van der Waals surface area contributed by atoms with Crippen LogP contribution in [0.25, 0.3) is 0 Å². The number of anilines is 1. The molecule has 0 bridgehead atoms. The minimum atomic E-state index is -4.39. The van der Waals surface area contributed by atoms with Gasteiger partial charge in [0, 0.05) is 31.9 Å². The Labute approximate surface area is 156 Å². The van der Waals surface area contributed by atoms with Gasteiger partial charge in [-0.1, -0.05) is 19.9 Å². The first-order valence-corrected chi connectivity index (χ1v) is 8.85. The summed E-state index contributed by atoms with van der Waals surface area (Å²) >= 11 is 0. The van der Waals surface area contributed by atoms with Gasteiger partial charge in [0.15, 0.2) is 0 Å². The summed E-state index contributed by atoms with van der Waals surface area (Å²) in [5, 5.41) is 2.48. The van der Waals surface area contributed by atoms with Gasteiger partial charge >= 0.3 is 12.2 Å². The van der Waals surface area contributed by atoms with Crippen LogP contribution in [0.2, 0.25) is 0 Å². The van der Waals surface area contributed by atoms with E-state index < -0.39 is 23.8 Å². The van der Waals surface area contributed by atoms with E-state index in [1.807, 2.05) is 18.7 Å². The first kappa shape index (κ1) is 20.9. The number of halogens is 3. The second-order valence-electron chi connectivity index (χ2n) is 7.05. The van der Waals surface area contributed by atoms with Gasteiger partial charge in [-0.2, -0.15) is 13.2 Å². The average molecular weight is 386 g/mol. The summed E-state index contributed by atoms with van der Waals surface area (Å²) in [7, 11) is 0. The molecule has 0 aliphatic carbocycles. The van der Waals surface area contributed by atoms with E-state index in [0.717, 1.165) is 12.1 Å². The third-order valence-electron chi connectivity index (χ3n) is 4.45. The van der Waals surface area contributed by atoms with Gasteiger partial charge in [-0.3, -0.25) is 4.79 Å². The van der Waals surface area contributed by atoms with Crippen LogP contribution in [0.5, 0.6) is 0 Å². The van der Waals surface area contributed by atoms with Crippen molar-refractivity contribution in [2.45, 2.75) is 32.5 Å². The molecule has 1 atom stereocenters. The molecule has 3 N–H and O–H groups in total. The zero-order valence-corrected chi connectivity index (χ0v) is 15.4. The normalized spacial score (nSPS) is 16.4. The molecule has 3 amide bonds. The monoisotopic (exact) mass is 386 g/mol. The predicted molar refractivity (Wildman–Crippen MR) is 96.2 cm³/mol. The molecule has 1 heterocycles. The molecular weight excluding hydrogens is 361 g/mol. The van der Waals surface area contributed by atoms with E-state index >= 15 is 0 Å². The standard InChI is InChI=1S/C18H25F3N4O2/c1-12(2)10-15(23-17(22)27)16(26)25-8-6-24(7-9-25)14-5-3-4-13(11-14)18(19,20)21/h3-5,11-12,15H,6-10H2,1-2H3,(H3,22,23,27)/t15-/m0/s1. The fraction of sp³-hybridized carbons (Fsp3) is 0.556. The molecule has 0 aromatic heterocycles. The van der Waals surface area contributed by atoms with Gasteiger partial charge in [0.2, 0.25) is 5.91 Å². The van der Waals surface area contributed by atoms with Crippen molar-refractivity contribution in [3.05, 3.63) is 29.8 Å². The highest BCUT2D eigenvalue weighted by Crippen LogP contribution is 2.31. The molecule has 1 saturated heterocycles. The summed E-state index contributed by atoms with van der Waals surface area (Å²) < 4.78 is 38.7. The summed E-state index contributed by atoms with van der Waals surface area (Å²) in [5.41, 5.74) is 4.95. The van der Waals surface area contributed by atoms with Crippen molar-refractivity contribution in [1.82, 2.24) is 10.2 Å². The highest BCUT2D eigenvalue weighted by Gasteiger charge is 2.32. The van der Waals surface area contributed by atoms with Gasteiger partial charge in [-0.05, 0) is 30.5 Å². The lowest BCUT2D eigenvalue weighted by molar-refractivity contribution is -0.137. The molecule has 0 unspecified atom stereocenters. The third-order valence-corrected chi connectivity index (χ3v) is 4.45. The summed E-state index contributed by atoms with van der Waals surface area (Å²) in [6.07, 6.45) is -3.92. The van der Waals surface area contributed by atoms with Crippen LogP contribution in [-0.2, 0) is 11.0 Å². The second kappa shape index (κ2) is 8.49. The molecule has 0 radical (unpaired) electrons. The first-order chi connectivity index (χ1) is 12.6. The van der Waals surface area contributed by atoms with Crippen molar-refractivity contribution in [2.24, 2.45) is 11.7 Å². The maximum absolute atomic E-state index is 12.9. The lowest BCUT2D eigenvalue weighted by atomic mass is 10.0. The summed E-state index contributed by atoms with van der Waals surface area (Å²) in [4.78, 5) is 27.3. The Morgan fingerprint density at radius 2 is 1.81 bits per heavy atom. The fourth-order valence-corrected chi connectivity index (χ4v) is 3.15. The van der Waals surface area contributed by atoms with Gasteiger partial charge in [0.05, 0.1) is 5.56 Å². The van der Waals surface area contributed by atoms with Gasteiger partial charge < -0.3 is 20.9 Å². The first-order valence-electron chi connectivity index (χ1n) is 8.85. The summed E-state index contributed by atoms with van der Waals surface area (Å²) in [6.45, 7) is 5.44. The van der Waals surface area contributed by atoms with Gasteiger partial charge in [-0.15, -0.1) is 0 Å². The van der Waals surface area contributed by atoms with Crippen LogP contribution in [-0.4, -0.2) is 49.1 Å². The highest BCUT2D eigenvalue weighted by molar-refractivity contribution is 5.86. The predicted octanol–water partition coefficient (Wildman–Crippen LogP) is 2.44. The molecule has 27 heavy (non-hydrogen) atoms. The van der Waals surface area contributed by atoms with Gasteiger partial charge in [-0.25, -0.2) is 4.79 Å². The van der Waals surface area contributed by atoms with Crippen LogP contribution in [0.3, 0.4) is 0 Å². The Balaban J connectivity index is 2.01. The summed E-state index contributed by atoms with van der Waals surface area (Å²) in [6, 6.07) is 3.72. The number of piperazine rings is 1. The lowest BCUT2D eigenvalue weighted by Gasteiger charge is -2.38. The maximum Gasteiger partial charge on any atom is 0.416 e. The molecule has 1 aliphatic heterocycles. The van der Waals surface area contributed by atoms with Crippen LogP contribution < -0.4 is 16.0 Å². The minimum absolute atomic E-state index is 0.192. The van der Waals surface area contributed by atoms with Crippen LogP contribution in [0.15, 0.2) is 24.3 Å². The van der Waals surface area contributed by atoms with Gasteiger partial charge in [0.1, 0.15) is 6.04 Å². The third kappa shape index (κ3) is 5.77. The van der Waals surface area contributed by atoms with Crippen molar-refractivity contribution in [3.8, 4) is 0 Å². The van der Waals surface area contributed by atoms with E-state index in [0.29, 0.717) is 38.3 Å². The molecule has 9 heteroatoms. The summed E-state index contributed by atoms with van der Waals surface area (Å²) in [5.74, 6) is -0.0246. The number of hydrogen-bond donors (Lipinski definition) is 2. The van der Waals surface area contributed by atoms with Crippen molar-refractivity contribution in [1.29, 1.82) is 0 Å². The number of primary amides is 1. The van der Waals surface area contributed by atoms with E-state index in [9.17, 15) is 22.8 Å². The quantitative estimate of drug-likeness (QED) is 0.816. The Hall–Kier alpha value is -2.45. The molecule has 1 aromatic rings. The van der Waals surface area contributed by atoms with Crippen LogP contribution in [0, 0.1) is 5.92 Å². The number of benzene rings is 1. The van der Waals surface area contributed by atoms with E-state index in [2.05, 4.69) is 5.32 Å². The van der Waals surface area contributed by atoms with Crippen LogP contribution >= 0.6 is 0 Å². The minimum Gasteiger partial charge on any atom is -0.368 e. The smallest absolute Gasteiger partial charge is 0.368 e. The van der Waals surface area contributed by atoms with E-state index in [1.54, 1.807) is 11.0 Å². The van der Waals surface area contributed by atoms with Crippen molar-refractivity contribution in [3.63, 3.8) is 0 Å². The number of rotatable bonds is 5. The topological polar surface area (TPSA) is 78.7 Å². The average Bonchev–Trinajstić information content (AvgIpc) is 2.59. The Morgan fingerprint density at radius 1 is 1.19 bits per heavy atom.